The molecular formula is C32H19N7. The Balaban J connectivity index is 1.41. The summed E-state index contributed by atoms with van der Waals surface area (Å²) in [7, 11) is 0. The van der Waals surface area contributed by atoms with Gasteiger partial charge in [-0.1, -0.05) is 84.9 Å². The second-order valence-corrected chi connectivity index (χ2v) is 9.31. The Morgan fingerprint density at radius 3 is 1.79 bits per heavy atom. The van der Waals surface area contributed by atoms with Crippen LogP contribution in [-0.4, -0.2) is 34.3 Å². The molecule has 7 nitrogen and oxygen atoms in total. The maximum Gasteiger partial charge on any atom is 0.178 e. The molecule has 39 heavy (non-hydrogen) atoms. The van der Waals surface area contributed by atoms with Crippen molar-refractivity contribution in [3.8, 4) is 34.2 Å². The molecule has 3 aromatic carbocycles. The van der Waals surface area contributed by atoms with Crippen molar-refractivity contribution in [2.45, 2.75) is 0 Å². The second-order valence-electron chi connectivity index (χ2n) is 9.31. The van der Waals surface area contributed by atoms with Crippen LogP contribution in [-0.2, 0) is 0 Å². The third-order valence-corrected chi connectivity index (χ3v) is 6.97. The average molecular weight is 502 g/mol. The van der Waals surface area contributed by atoms with E-state index in [0.717, 1.165) is 49.5 Å². The Hall–Kier alpha value is -5.56. The Labute approximate surface area is 222 Å². The van der Waals surface area contributed by atoms with Gasteiger partial charge in [-0.2, -0.15) is 0 Å². The van der Waals surface area contributed by atoms with Crippen molar-refractivity contribution in [2.75, 3.05) is 0 Å². The SMILES string of the molecule is c1ccc(-c2nc(-c3ccccc3)nc(-c3cnc4nc5c6ccccc6c6ccncc6n5c4c3)n2)cc1. The molecule has 7 heteroatoms. The predicted octanol–water partition coefficient (Wildman–Crippen LogP) is 6.77. The van der Waals surface area contributed by atoms with Gasteiger partial charge in [0.05, 0.1) is 17.2 Å². The molecule has 0 amide bonds. The zero-order chi connectivity index (χ0) is 25.8. The lowest BCUT2D eigenvalue weighted by Gasteiger charge is -2.09. The van der Waals surface area contributed by atoms with Crippen molar-refractivity contribution < 1.29 is 0 Å². The molecule has 0 saturated heterocycles. The molecule has 0 aliphatic heterocycles. The van der Waals surface area contributed by atoms with Crippen molar-refractivity contribution in [3.05, 3.63) is 116 Å². The first-order valence-corrected chi connectivity index (χ1v) is 12.6. The molecule has 8 aromatic rings. The van der Waals surface area contributed by atoms with Gasteiger partial charge in [-0.25, -0.2) is 24.9 Å². The topological polar surface area (TPSA) is 81.8 Å². The summed E-state index contributed by atoms with van der Waals surface area (Å²) in [6, 6.07) is 32.3. The van der Waals surface area contributed by atoms with E-state index in [9.17, 15) is 0 Å². The van der Waals surface area contributed by atoms with Crippen LogP contribution in [0.25, 0.3) is 72.6 Å². The normalized spacial score (nSPS) is 11.6. The molecule has 0 spiro atoms. The van der Waals surface area contributed by atoms with E-state index in [-0.39, 0.29) is 0 Å². The van der Waals surface area contributed by atoms with Gasteiger partial charge in [0.2, 0.25) is 0 Å². The van der Waals surface area contributed by atoms with Gasteiger partial charge in [0, 0.05) is 39.9 Å². The van der Waals surface area contributed by atoms with Crippen molar-refractivity contribution in [1.29, 1.82) is 0 Å². The summed E-state index contributed by atoms with van der Waals surface area (Å²) in [6.45, 7) is 0. The molecule has 5 heterocycles. The van der Waals surface area contributed by atoms with Gasteiger partial charge in [0.1, 0.15) is 5.65 Å². The van der Waals surface area contributed by atoms with E-state index < -0.39 is 0 Å². The molecule has 0 unspecified atom stereocenters. The average Bonchev–Trinajstić information content (AvgIpc) is 3.41. The minimum atomic E-state index is 0.551. The molecule has 182 valence electrons. The van der Waals surface area contributed by atoms with Gasteiger partial charge in [-0.3, -0.25) is 9.38 Å². The van der Waals surface area contributed by atoms with Gasteiger partial charge < -0.3 is 0 Å². The van der Waals surface area contributed by atoms with E-state index in [1.165, 1.54) is 0 Å². The van der Waals surface area contributed by atoms with Crippen molar-refractivity contribution in [1.82, 2.24) is 34.3 Å². The van der Waals surface area contributed by atoms with Gasteiger partial charge in [0.15, 0.2) is 23.1 Å². The van der Waals surface area contributed by atoms with Crippen LogP contribution in [0.2, 0.25) is 0 Å². The number of pyridine rings is 3. The largest absolute Gasteiger partial charge is 0.288 e. The zero-order valence-corrected chi connectivity index (χ0v) is 20.6. The first-order chi connectivity index (χ1) is 19.3. The second kappa shape index (κ2) is 8.49. The summed E-state index contributed by atoms with van der Waals surface area (Å²) < 4.78 is 2.13. The van der Waals surface area contributed by atoms with E-state index in [0.29, 0.717) is 23.1 Å². The standard InChI is InChI=1S/C32H19N7/c1-3-9-20(10-4-1)28-35-29(21-11-5-2-6-12-21)37-30(36-28)22-17-26-31(34-18-22)38-32-25-14-8-7-13-23(25)24-15-16-33-19-27(24)39(26)32/h1-19H. The Kier molecular flexibility index (Phi) is 4.69. The van der Waals surface area contributed by atoms with Crippen molar-refractivity contribution >= 4 is 38.5 Å². The molecule has 8 rings (SSSR count). The fraction of sp³-hybridized carbons (Fsp3) is 0. The molecule has 0 saturated carbocycles. The molecule has 0 aliphatic carbocycles. The van der Waals surface area contributed by atoms with Crippen LogP contribution in [0.3, 0.4) is 0 Å². The maximum atomic E-state index is 4.93. The van der Waals surface area contributed by atoms with Crippen LogP contribution in [0.15, 0.2) is 116 Å². The number of nitrogens with zero attached hydrogens (tertiary/aromatic N) is 7. The van der Waals surface area contributed by atoms with Crippen LogP contribution in [0.5, 0.6) is 0 Å². The lowest BCUT2D eigenvalue weighted by molar-refractivity contribution is 1.07. The van der Waals surface area contributed by atoms with Crippen LogP contribution in [0.4, 0.5) is 0 Å². The highest BCUT2D eigenvalue weighted by Gasteiger charge is 2.17. The van der Waals surface area contributed by atoms with Crippen molar-refractivity contribution in [3.63, 3.8) is 0 Å². The first kappa shape index (κ1) is 21.5. The summed E-state index contributed by atoms with van der Waals surface area (Å²) in [5, 5.41) is 3.31. The molecular weight excluding hydrogens is 482 g/mol. The van der Waals surface area contributed by atoms with E-state index in [4.69, 9.17) is 24.9 Å². The van der Waals surface area contributed by atoms with Crippen LogP contribution in [0, 0.1) is 0 Å². The van der Waals surface area contributed by atoms with Crippen LogP contribution < -0.4 is 0 Å². The first-order valence-electron chi connectivity index (χ1n) is 12.6. The monoisotopic (exact) mass is 501 g/mol. The summed E-state index contributed by atoms with van der Waals surface area (Å²) in [5.41, 5.74) is 5.97. The number of rotatable bonds is 3. The van der Waals surface area contributed by atoms with Crippen LogP contribution in [0.1, 0.15) is 0 Å². The molecule has 0 atom stereocenters. The summed E-state index contributed by atoms with van der Waals surface area (Å²) in [4.78, 5) is 28.7. The van der Waals surface area contributed by atoms with Gasteiger partial charge >= 0.3 is 0 Å². The van der Waals surface area contributed by atoms with E-state index in [2.05, 4.69) is 27.6 Å². The minimum Gasteiger partial charge on any atom is -0.288 e. The number of aromatic nitrogens is 7. The van der Waals surface area contributed by atoms with Gasteiger partial charge in [-0.05, 0) is 17.5 Å². The molecule has 0 fully saturated rings. The third-order valence-electron chi connectivity index (χ3n) is 6.97. The molecule has 0 aliphatic rings. The number of hydrogen-bond acceptors (Lipinski definition) is 6. The van der Waals surface area contributed by atoms with Gasteiger partial charge in [0.25, 0.3) is 0 Å². The van der Waals surface area contributed by atoms with E-state index in [1.54, 1.807) is 6.20 Å². The van der Waals surface area contributed by atoms with E-state index >= 15 is 0 Å². The number of benzene rings is 3. The predicted molar refractivity (Wildman–Crippen MR) is 153 cm³/mol. The Bertz CT molecular complexity index is 2110. The maximum absolute atomic E-state index is 4.93. The number of hydrogen-bond donors (Lipinski definition) is 0. The van der Waals surface area contributed by atoms with Crippen LogP contribution >= 0.6 is 0 Å². The quantitative estimate of drug-likeness (QED) is 0.249. The van der Waals surface area contributed by atoms with Crippen molar-refractivity contribution in [2.24, 2.45) is 0 Å². The molecule has 0 radical (unpaired) electrons. The number of imidazole rings is 1. The van der Waals surface area contributed by atoms with Gasteiger partial charge in [-0.15, -0.1) is 0 Å². The number of fused-ring (bicyclic) bond motifs is 8. The fourth-order valence-electron chi connectivity index (χ4n) is 5.15. The summed E-state index contributed by atoms with van der Waals surface area (Å²) in [5.74, 6) is 1.77. The zero-order valence-electron chi connectivity index (χ0n) is 20.6. The fourth-order valence-corrected chi connectivity index (χ4v) is 5.15. The lowest BCUT2D eigenvalue weighted by atomic mass is 10.1. The minimum absolute atomic E-state index is 0.551. The highest BCUT2D eigenvalue weighted by Crippen LogP contribution is 2.32. The Morgan fingerprint density at radius 2 is 1.10 bits per heavy atom. The smallest absolute Gasteiger partial charge is 0.178 e. The molecule has 5 aromatic heterocycles. The lowest BCUT2D eigenvalue weighted by Crippen LogP contribution is -2.00. The summed E-state index contributed by atoms with van der Waals surface area (Å²) >= 11 is 0. The highest BCUT2D eigenvalue weighted by molar-refractivity contribution is 6.13. The summed E-state index contributed by atoms with van der Waals surface area (Å²) in [6.07, 6.45) is 5.49. The Morgan fingerprint density at radius 1 is 0.487 bits per heavy atom. The highest BCUT2D eigenvalue weighted by atomic mass is 15.1. The van der Waals surface area contributed by atoms with E-state index in [1.807, 2.05) is 91.3 Å². The third kappa shape index (κ3) is 3.44. The molecule has 0 N–H and O–H groups in total. The molecule has 0 bridgehead atoms.